The van der Waals surface area contributed by atoms with Gasteiger partial charge in [0.05, 0.1) is 5.69 Å². The number of hydrogen-bond acceptors (Lipinski definition) is 3. The second-order valence-electron chi connectivity index (χ2n) is 5.82. The Kier molecular flexibility index (Phi) is 4.98. The summed E-state index contributed by atoms with van der Waals surface area (Å²) in [7, 11) is 0. The molecule has 1 aromatic heterocycles. The van der Waals surface area contributed by atoms with Crippen molar-refractivity contribution in [2.75, 3.05) is 13.1 Å². The number of aryl methyl sites for hydroxylation is 3. The van der Waals surface area contributed by atoms with Crippen molar-refractivity contribution in [3.05, 3.63) is 17.5 Å². The number of likely N-dealkylation sites (tertiary alicyclic amines) is 1. The summed E-state index contributed by atoms with van der Waals surface area (Å²) in [4.78, 5) is 24.7. The molecule has 116 valence electrons. The summed E-state index contributed by atoms with van der Waals surface area (Å²) in [5.41, 5.74) is 2.04. The minimum Gasteiger partial charge on any atom is -0.481 e. The molecule has 0 atom stereocenters. The van der Waals surface area contributed by atoms with Gasteiger partial charge in [-0.25, -0.2) is 0 Å². The molecule has 1 saturated heterocycles. The third kappa shape index (κ3) is 4.31. The van der Waals surface area contributed by atoms with Crippen molar-refractivity contribution in [1.82, 2.24) is 14.7 Å². The van der Waals surface area contributed by atoms with Crippen LogP contribution in [0.15, 0.2) is 6.07 Å². The SMILES string of the molecule is Cc1cc(C)n(CCC(=O)N2CCC(CC(=O)O)CC2)n1. The molecule has 0 aromatic carbocycles. The number of carbonyl (C=O) groups is 2. The van der Waals surface area contributed by atoms with Gasteiger partial charge in [-0.05, 0) is 38.7 Å². The average molecular weight is 293 g/mol. The van der Waals surface area contributed by atoms with Gasteiger partial charge in [-0.2, -0.15) is 5.10 Å². The Hall–Kier alpha value is -1.85. The smallest absolute Gasteiger partial charge is 0.303 e. The van der Waals surface area contributed by atoms with Crippen LogP contribution < -0.4 is 0 Å². The standard InChI is InChI=1S/C15H23N3O3/c1-11-9-12(2)18(16-11)8-5-14(19)17-6-3-13(4-7-17)10-15(20)21/h9,13H,3-8,10H2,1-2H3,(H,20,21). The molecule has 1 aliphatic heterocycles. The predicted octanol–water partition coefficient (Wildman–Crippen LogP) is 1.60. The van der Waals surface area contributed by atoms with E-state index in [2.05, 4.69) is 5.10 Å². The van der Waals surface area contributed by atoms with Crippen LogP contribution in [0.1, 0.15) is 37.1 Å². The van der Waals surface area contributed by atoms with Crippen LogP contribution in [0.25, 0.3) is 0 Å². The third-order valence-corrected chi connectivity index (χ3v) is 4.07. The number of piperidine rings is 1. The van der Waals surface area contributed by atoms with Crippen molar-refractivity contribution in [2.45, 2.75) is 46.1 Å². The summed E-state index contributed by atoms with van der Waals surface area (Å²) in [6.07, 6.45) is 2.25. The quantitative estimate of drug-likeness (QED) is 0.894. The molecule has 6 heteroatoms. The fourth-order valence-corrected chi connectivity index (χ4v) is 2.89. The summed E-state index contributed by atoms with van der Waals surface area (Å²) in [6, 6.07) is 2.00. The molecule has 0 spiro atoms. The largest absolute Gasteiger partial charge is 0.481 e. The second kappa shape index (κ2) is 6.74. The highest BCUT2D eigenvalue weighted by Gasteiger charge is 2.24. The van der Waals surface area contributed by atoms with E-state index in [-0.39, 0.29) is 18.2 Å². The van der Waals surface area contributed by atoms with Gasteiger partial charge in [-0.1, -0.05) is 0 Å². The highest BCUT2D eigenvalue weighted by Crippen LogP contribution is 2.21. The lowest BCUT2D eigenvalue weighted by Crippen LogP contribution is -2.39. The molecule has 0 aliphatic carbocycles. The number of amides is 1. The minimum absolute atomic E-state index is 0.135. The lowest BCUT2D eigenvalue weighted by molar-refractivity contribution is -0.138. The van der Waals surface area contributed by atoms with Gasteiger partial charge in [0.15, 0.2) is 0 Å². The van der Waals surface area contributed by atoms with Gasteiger partial charge >= 0.3 is 5.97 Å². The maximum Gasteiger partial charge on any atom is 0.303 e. The molecule has 2 rings (SSSR count). The molecule has 1 N–H and O–H groups in total. The van der Waals surface area contributed by atoms with Crippen molar-refractivity contribution in [3.63, 3.8) is 0 Å². The fourth-order valence-electron chi connectivity index (χ4n) is 2.89. The third-order valence-electron chi connectivity index (χ3n) is 4.07. The zero-order valence-corrected chi connectivity index (χ0v) is 12.7. The summed E-state index contributed by atoms with van der Waals surface area (Å²) >= 11 is 0. The van der Waals surface area contributed by atoms with Crippen molar-refractivity contribution >= 4 is 11.9 Å². The normalized spacial score (nSPS) is 16.2. The van der Waals surface area contributed by atoms with Crippen LogP contribution in [0.4, 0.5) is 0 Å². The van der Waals surface area contributed by atoms with Gasteiger partial charge < -0.3 is 10.0 Å². The summed E-state index contributed by atoms with van der Waals surface area (Å²) in [5, 5.41) is 13.1. The first-order valence-corrected chi connectivity index (χ1v) is 7.46. The molecule has 1 amide bonds. The molecule has 0 bridgehead atoms. The Bertz CT molecular complexity index is 516. The molecular formula is C15H23N3O3. The van der Waals surface area contributed by atoms with Crippen LogP contribution in [0.3, 0.4) is 0 Å². The molecule has 0 saturated carbocycles. The maximum absolute atomic E-state index is 12.2. The van der Waals surface area contributed by atoms with Crippen LogP contribution in [-0.2, 0) is 16.1 Å². The van der Waals surface area contributed by atoms with Crippen molar-refractivity contribution in [1.29, 1.82) is 0 Å². The zero-order valence-electron chi connectivity index (χ0n) is 12.7. The first kappa shape index (κ1) is 15.5. The van der Waals surface area contributed by atoms with E-state index in [1.54, 1.807) is 0 Å². The highest BCUT2D eigenvalue weighted by molar-refractivity contribution is 5.76. The van der Waals surface area contributed by atoms with Gasteiger partial charge in [0.2, 0.25) is 5.91 Å². The van der Waals surface area contributed by atoms with E-state index in [1.165, 1.54) is 0 Å². The second-order valence-corrected chi connectivity index (χ2v) is 5.82. The number of aromatic nitrogens is 2. The Labute approximate surface area is 124 Å². The number of nitrogens with zero attached hydrogens (tertiary/aromatic N) is 3. The average Bonchev–Trinajstić information content (AvgIpc) is 2.74. The van der Waals surface area contributed by atoms with Crippen LogP contribution in [0.5, 0.6) is 0 Å². The molecule has 1 aromatic rings. The summed E-state index contributed by atoms with van der Waals surface area (Å²) in [6.45, 7) is 5.88. The van der Waals surface area contributed by atoms with E-state index >= 15 is 0 Å². The van der Waals surface area contributed by atoms with E-state index in [4.69, 9.17) is 5.11 Å². The van der Waals surface area contributed by atoms with E-state index in [0.717, 1.165) is 24.2 Å². The number of aliphatic carboxylic acids is 1. The van der Waals surface area contributed by atoms with Crippen molar-refractivity contribution < 1.29 is 14.7 Å². The topological polar surface area (TPSA) is 75.4 Å². The highest BCUT2D eigenvalue weighted by atomic mass is 16.4. The maximum atomic E-state index is 12.2. The van der Waals surface area contributed by atoms with Gasteiger partial charge in [-0.15, -0.1) is 0 Å². The molecule has 21 heavy (non-hydrogen) atoms. The molecule has 0 unspecified atom stereocenters. The van der Waals surface area contributed by atoms with E-state index in [1.807, 2.05) is 29.5 Å². The molecule has 0 radical (unpaired) electrons. The first-order valence-electron chi connectivity index (χ1n) is 7.46. The molecule has 6 nitrogen and oxygen atoms in total. The molecule has 1 aliphatic rings. The Balaban J connectivity index is 1.77. The van der Waals surface area contributed by atoms with Gasteiger partial charge in [0.25, 0.3) is 0 Å². The fraction of sp³-hybridized carbons (Fsp3) is 0.667. The lowest BCUT2D eigenvalue weighted by Gasteiger charge is -2.31. The monoisotopic (exact) mass is 293 g/mol. The van der Waals surface area contributed by atoms with Crippen LogP contribution in [-0.4, -0.2) is 44.8 Å². The van der Waals surface area contributed by atoms with Gasteiger partial charge in [-0.3, -0.25) is 14.3 Å². The molecule has 2 heterocycles. The molecule has 1 fully saturated rings. The molecular weight excluding hydrogens is 270 g/mol. The number of carboxylic acids is 1. The van der Waals surface area contributed by atoms with Crippen molar-refractivity contribution in [3.8, 4) is 0 Å². The summed E-state index contributed by atoms with van der Waals surface area (Å²) < 4.78 is 1.87. The van der Waals surface area contributed by atoms with Crippen LogP contribution in [0.2, 0.25) is 0 Å². The van der Waals surface area contributed by atoms with Crippen molar-refractivity contribution in [2.24, 2.45) is 5.92 Å². The predicted molar refractivity (Wildman–Crippen MR) is 77.9 cm³/mol. The van der Waals surface area contributed by atoms with E-state index in [0.29, 0.717) is 26.1 Å². The minimum atomic E-state index is -0.746. The first-order chi connectivity index (χ1) is 9.95. The number of carboxylic acid groups (broad SMARTS) is 1. The Morgan fingerprint density at radius 3 is 2.52 bits per heavy atom. The lowest BCUT2D eigenvalue weighted by atomic mass is 9.93. The Morgan fingerprint density at radius 2 is 2.00 bits per heavy atom. The number of rotatable bonds is 5. The van der Waals surface area contributed by atoms with E-state index < -0.39 is 5.97 Å². The van der Waals surface area contributed by atoms with Gasteiger partial charge in [0.1, 0.15) is 0 Å². The number of carbonyl (C=O) groups excluding carboxylic acids is 1. The Morgan fingerprint density at radius 1 is 1.33 bits per heavy atom. The number of hydrogen-bond donors (Lipinski definition) is 1. The van der Waals surface area contributed by atoms with E-state index in [9.17, 15) is 9.59 Å². The van der Waals surface area contributed by atoms with Gasteiger partial charge in [0, 0.05) is 38.2 Å². The van der Waals surface area contributed by atoms with Crippen LogP contribution in [0, 0.1) is 19.8 Å². The zero-order chi connectivity index (χ0) is 15.4. The summed E-state index contributed by atoms with van der Waals surface area (Å²) in [5.74, 6) is -0.400. The van der Waals surface area contributed by atoms with Crippen LogP contribution >= 0.6 is 0 Å².